The van der Waals surface area contributed by atoms with E-state index in [1.54, 1.807) is 7.11 Å². The predicted octanol–water partition coefficient (Wildman–Crippen LogP) is 3.08. The zero-order valence-electron chi connectivity index (χ0n) is 14.9. The average Bonchev–Trinajstić information content (AvgIpc) is 2.68. The summed E-state index contributed by atoms with van der Waals surface area (Å²) in [5, 5.41) is 3.08. The Morgan fingerprint density at radius 2 is 2.24 bits per heavy atom. The molecule has 5 nitrogen and oxygen atoms in total. The van der Waals surface area contributed by atoms with E-state index in [0.29, 0.717) is 12.3 Å². The van der Waals surface area contributed by atoms with Gasteiger partial charge in [0.25, 0.3) is 0 Å². The number of anilines is 1. The average molecular weight is 339 g/mol. The number of ether oxygens (including phenoxy) is 1. The lowest BCUT2D eigenvalue weighted by Crippen LogP contribution is -2.40. The Balaban J connectivity index is 1.66. The second-order valence-corrected chi connectivity index (χ2v) is 6.43. The van der Waals surface area contributed by atoms with Gasteiger partial charge in [0.2, 0.25) is 5.91 Å². The van der Waals surface area contributed by atoms with Crippen LogP contribution in [0, 0.1) is 0 Å². The highest BCUT2D eigenvalue weighted by atomic mass is 16.5. The van der Waals surface area contributed by atoms with Crippen molar-refractivity contribution in [3.05, 3.63) is 53.7 Å². The lowest BCUT2D eigenvalue weighted by Gasteiger charge is -2.33. The second-order valence-electron chi connectivity index (χ2n) is 6.43. The molecule has 1 aliphatic heterocycles. The van der Waals surface area contributed by atoms with E-state index in [2.05, 4.69) is 22.4 Å². The van der Waals surface area contributed by atoms with Crippen molar-refractivity contribution in [2.45, 2.75) is 25.2 Å². The molecule has 0 bridgehead atoms. The van der Waals surface area contributed by atoms with E-state index in [9.17, 15) is 4.79 Å². The van der Waals surface area contributed by atoms with Gasteiger partial charge in [0.05, 0.1) is 13.5 Å². The number of likely N-dealkylation sites (tertiary alicyclic amines) is 1. The normalized spacial score (nSPS) is 17.2. The summed E-state index contributed by atoms with van der Waals surface area (Å²) in [5.74, 6) is 2.22. The fourth-order valence-corrected chi connectivity index (χ4v) is 3.38. The van der Waals surface area contributed by atoms with Crippen molar-refractivity contribution in [3.8, 4) is 5.75 Å². The first-order valence-corrected chi connectivity index (χ1v) is 8.74. The van der Waals surface area contributed by atoms with Crippen molar-refractivity contribution in [3.63, 3.8) is 0 Å². The summed E-state index contributed by atoms with van der Waals surface area (Å²) in [7, 11) is 3.52. The maximum absolute atomic E-state index is 12.7. The smallest absolute Gasteiger partial charge is 0.227 e. The first kappa shape index (κ1) is 17.3. The Morgan fingerprint density at radius 1 is 1.36 bits per heavy atom. The van der Waals surface area contributed by atoms with Gasteiger partial charge in [-0.1, -0.05) is 12.1 Å². The van der Waals surface area contributed by atoms with E-state index < -0.39 is 0 Å². The highest BCUT2D eigenvalue weighted by Gasteiger charge is 2.25. The molecule has 1 aromatic heterocycles. The van der Waals surface area contributed by atoms with Gasteiger partial charge in [-0.2, -0.15) is 0 Å². The molecule has 132 valence electrons. The molecule has 0 saturated carbocycles. The van der Waals surface area contributed by atoms with E-state index in [1.807, 2.05) is 42.4 Å². The molecule has 2 aromatic rings. The summed E-state index contributed by atoms with van der Waals surface area (Å²) in [6.07, 6.45) is 4.39. The van der Waals surface area contributed by atoms with Crippen LogP contribution in [0.5, 0.6) is 5.75 Å². The first-order chi connectivity index (χ1) is 12.2. The number of hydrogen-bond acceptors (Lipinski definition) is 4. The fraction of sp³-hybridized carbons (Fsp3) is 0.400. The van der Waals surface area contributed by atoms with Gasteiger partial charge in [-0.3, -0.25) is 4.79 Å². The molecular formula is C20H25N3O2. The Hall–Kier alpha value is -2.56. The van der Waals surface area contributed by atoms with Crippen LogP contribution in [0.25, 0.3) is 0 Å². The molecular weight excluding hydrogens is 314 g/mol. The van der Waals surface area contributed by atoms with Gasteiger partial charge in [-0.05, 0) is 48.2 Å². The SMILES string of the molecule is CNc1cc([C@@H]2CCCN(C(=O)Cc3cccc(OC)c3)C2)ccn1. The van der Waals surface area contributed by atoms with Crippen LogP contribution in [-0.4, -0.2) is 43.0 Å². The Kier molecular flexibility index (Phi) is 5.53. The molecule has 5 heteroatoms. The van der Waals surface area contributed by atoms with Crippen molar-refractivity contribution < 1.29 is 9.53 Å². The standard InChI is InChI=1S/C20H25N3O2/c1-21-19-13-16(8-9-22-19)17-6-4-10-23(14-17)20(24)12-15-5-3-7-18(11-15)25-2/h3,5,7-9,11,13,17H,4,6,10,12,14H2,1-2H3,(H,21,22)/t17-/m1/s1. The second kappa shape index (κ2) is 8.01. The monoisotopic (exact) mass is 339 g/mol. The van der Waals surface area contributed by atoms with Crippen LogP contribution in [-0.2, 0) is 11.2 Å². The molecule has 0 aliphatic carbocycles. The number of carbonyl (C=O) groups excluding carboxylic acids is 1. The van der Waals surface area contributed by atoms with Gasteiger partial charge >= 0.3 is 0 Å². The number of benzene rings is 1. The minimum Gasteiger partial charge on any atom is -0.497 e. The number of hydrogen-bond donors (Lipinski definition) is 1. The van der Waals surface area contributed by atoms with E-state index in [1.165, 1.54) is 5.56 Å². The van der Waals surface area contributed by atoms with Gasteiger partial charge in [0.1, 0.15) is 11.6 Å². The molecule has 0 radical (unpaired) electrons. The highest BCUT2D eigenvalue weighted by Crippen LogP contribution is 2.28. The van der Waals surface area contributed by atoms with Gasteiger partial charge in [0.15, 0.2) is 0 Å². The van der Waals surface area contributed by atoms with Gasteiger partial charge in [0, 0.05) is 32.3 Å². The third-order valence-electron chi connectivity index (χ3n) is 4.78. The van der Waals surface area contributed by atoms with Crippen molar-refractivity contribution in [1.82, 2.24) is 9.88 Å². The van der Waals surface area contributed by atoms with E-state index >= 15 is 0 Å². The number of nitrogens with zero attached hydrogens (tertiary/aromatic N) is 2. The van der Waals surface area contributed by atoms with Crippen LogP contribution in [0.15, 0.2) is 42.6 Å². The summed E-state index contributed by atoms with van der Waals surface area (Å²) < 4.78 is 5.24. The quantitative estimate of drug-likeness (QED) is 0.909. The van der Waals surface area contributed by atoms with E-state index in [4.69, 9.17) is 4.74 Å². The largest absolute Gasteiger partial charge is 0.497 e. The van der Waals surface area contributed by atoms with Gasteiger partial charge in [-0.25, -0.2) is 4.98 Å². The van der Waals surface area contributed by atoms with Crippen molar-refractivity contribution in [2.24, 2.45) is 0 Å². The highest BCUT2D eigenvalue weighted by molar-refractivity contribution is 5.79. The molecule has 1 N–H and O–H groups in total. The summed E-state index contributed by atoms with van der Waals surface area (Å²) in [6, 6.07) is 11.9. The van der Waals surface area contributed by atoms with Crippen LogP contribution < -0.4 is 10.1 Å². The number of nitrogens with one attached hydrogen (secondary N) is 1. The number of aromatic nitrogens is 1. The molecule has 3 rings (SSSR count). The molecule has 1 amide bonds. The minimum atomic E-state index is 0.181. The van der Waals surface area contributed by atoms with Crippen LogP contribution in [0.2, 0.25) is 0 Å². The number of methoxy groups -OCH3 is 1. The molecule has 0 spiro atoms. The van der Waals surface area contributed by atoms with Crippen LogP contribution in [0.1, 0.15) is 29.9 Å². The maximum Gasteiger partial charge on any atom is 0.227 e. The van der Waals surface area contributed by atoms with Gasteiger partial charge in [-0.15, -0.1) is 0 Å². The zero-order chi connectivity index (χ0) is 17.6. The van der Waals surface area contributed by atoms with Gasteiger partial charge < -0.3 is 15.0 Å². The third kappa shape index (κ3) is 4.29. The van der Waals surface area contributed by atoms with Crippen LogP contribution in [0.3, 0.4) is 0 Å². The molecule has 1 atom stereocenters. The van der Waals surface area contributed by atoms with Crippen molar-refractivity contribution in [1.29, 1.82) is 0 Å². The Morgan fingerprint density at radius 3 is 3.04 bits per heavy atom. The summed E-state index contributed by atoms with van der Waals surface area (Å²) in [6.45, 7) is 1.61. The molecule has 1 saturated heterocycles. The fourth-order valence-electron chi connectivity index (χ4n) is 3.38. The number of carbonyl (C=O) groups is 1. The number of rotatable bonds is 5. The molecule has 1 aliphatic rings. The molecule has 2 heterocycles. The molecule has 1 aromatic carbocycles. The molecule has 0 unspecified atom stereocenters. The Bertz CT molecular complexity index is 732. The lowest BCUT2D eigenvalue weighted by atomic mass is 9.91. The van der Waals surface area contributed by atoms with Crippen molar-refractivity contribution in [2.75, 3.05) is 32.6 Å². The number of amides is 1. The minimum absolute atomic E-state index is 0.181. The third-order valence-corrected chi connectivity index (χ3v) is 4.78. The zero-order valence-corrected chi connectivity index (χ0v) is 14.9. The van der Waals surface area contributed by atoms with E-state index in [-0.39, 0.29) is 5.91 Å². The number of piperidine rings is 1. The summed E-state index contributed by atoms with van der Waals surface area (Å²) >= 11 is 0. The predicted molar refractivity (Wildman–Crippen MR) is 99.0 cm³/mol. The molecule has 25 heavy (non-hydrogen) atoms. The summed E-state index contributed by atoms with van der Waals surface area (Å²) in [5.41, 5.74) is 2.24. The van der Waals surface area contributed by atoms with Crippen molar-refractivity contribution >= 4 is 11.7 Å². The molecule has 1 fully saturated rings. The lowest BCUT2D eigenvalue weighted by molar-refractivity contribution is -0.131. The maximum atomic E-state index is 12.7. The topological polar surface area (TPSA) is 54.5 Å². The van der Waals surface area contributed by atoms with Crippen LogP contribution in [0.4, 0.5) is 5.82 Å². The number of pyridine rings is 1. The van der Waals surface area contributed by atoms with E-state index in [0.717, 1.165) is 43.1 Å². The van der Waals surface area contributed by atoms with Crippen LogP contribution >= 0.6 is 0 Å². The summed E-state index contributed by atoms with van der Waals surface area (Å²) in [4.78, 5) is 19.0. The first-order valence-electron chi connectivity index (χ1n) is 8.74. The Labute approximate surface area is 149 Å².